The van der Waals surface area contributed by atoms with E-state index in [0.717, 1.165) is 60.7 Å². The summed E-state index contributed by atoms with van der Waals surface area (Å²) in [6.45, 7) is 6.26. The summed E-state index contributed by atoms with van der Waals surface area (Å²) in [4.78, 5) is 22.6. The summed E-state index contributed by atoms with van der Waals surface area (Å²) in [6, 6.07) is 10.7. The number of nitrogens with zero attached hydrogens (tertiary/aromatic N) is 4. The van der Waals surface area contributed by atoms with Gasteiger partial charge in [-0.05, 0) is 58.9 Å². The molecule has 2 aromatic heterocycles. The van der Waals surface area contributed by atoms with Gasteiger partial charge in [0.1, 0.15) is 0 Å². The standard InChI is InChI=1S/C25H31N5OS/c1-17(2)29-14-8-11-19(16-29)24(31)28-26-15-21-23(18-9-4-3-5-10-18)27-25-30(21)20-12-6-7-13-22(20)32-25/h3-5,9-10,15,17,19H,6-8,11-14,16H2,1-2H3,(H,28,31)/b26-15+. The minimum atomic E-state index is -0.00346. The van der Waals surface area contributed by atoms with Crippen LogP contribution in [-0.4, -0.2) is 45.5 Å². The number of piperidine rings is 1. The molecule has 0 spiro atoms. The number of imidazole rings is 1. The topological polar surface area (TPSA) is 62.0 Å². The molecule has 3 heterocycles. The summed E-state index contributed by atoms with van der Waals surface area (Å²) in [6.07, 6.45) is 8.43. The van der Waals surface area contributed by atoms with Crippen molar-refractivity contribution in [2.45, 2.75) is 58.4 Å². The second kappa shape index (κ2) is 9.16. The molecule has 1 unspecified atom stereocenters. The second-order valence-corrected chi connectivity index (χ2v) is 10.2. The van der Waals surface area contributed by atoms with Gasteiger partial charge in [0.25, 0.3) is 0 Å². The lowest BCUT2D eigenvalue weighted by Gasteiger charge is -2.34. The maximum absolute atomic E-state index is 12.8. The Hall–Kier alpha value is -2.51. The molecule has 32 heavy (non-hydrogen) atoms. The highest BCUT2D eigenvalue weighted by atomic mass is 32.1. The van der Waals surface area contributed by atoms with Gasteiger partial charge in [-0.3, -0.25) is 9.20 Å². The molecule has 7 heteroatoms. The number of thiazole rings is 1. The lowest BCUT2D eigenvalue weighted by Crippen LogP contribution is -2.44. The Morgan fingerprint density at radius 3 is 2.84 bits per heavy atom. The molecule has 1 saturated heterocycles. The van der Waals surface area contributed by atoms with Crippen LogP contribution in [0.25, 0.3) is 16.2 Å². The first-order chi connectivity index (χ1) is 15.6. The van der Waals surface area contributed by atoms with Crippen LogP contribution in [0, 0.1) is 5.92 Å². The first kappa shape index (κ1) is 21.3. The van der Waals surface area contributed by atoms with Gasteiger partial charge in [0.2, 0.25) is 5.91 Å². The third kappa shape index (κ3) is 4.11. The maximum atomic E-state index is 12.8. The number of aromatic nitrogens is 2. The van der Waals surface area contributed by atoms with Crippen LogP contribution in [0.2, 0.25) is 0 Å². The molecule has 1 aliphatic carbocycles. The summed E-state index contributed by atoms with van der Waals surface area (Å²) < 4.78 is 2.26. The largest absolute Gasteiger partial charge is 0.300 e. The van der Waals surface area contributed by atoms with Crippen LogP contribution in [-0.2, 0) is 17.6 Å². The van der Waals surface area contributed by atoms with E-state index in [-0.39, 0.29) is 11.8 Å². The smallest absolute Gasteiger partial charge is 0.244 e. The van der Waals surface area contributed by atoms with E-state index in [1.807, 2.05) is 18.2 Å². The number of carbonyl (C=O) groups excluding carboxylic acids is 1. The fourth-order valence-corrected chi connectivity index (χ4v) is 6.14. The fourth-order valence-electron chi connectivity index (χ4n) is 4.92. The number of benzene rings is 1. The van der Waals surface area contributed by atoms with E-state index in [2.05, 4.69) is 45.8 Å². The Bertz CT molecular complexity index is 1130. The summed E-state index contributed by atoms with van der Waals surface area (Å²) in [5.74, 6) is 0.0113. The zero-order valence-corrected chi connectivity index (χ0v) is 19.7. The Morgan fingerprint density at radius 2 is 2.03 bits per heavy atom. The normalized spacial score (nSPS) is 19.7. The minimum Gasteiger partial charge on any atom is -0.300 e. The van der Waals surface area contributed by atoms with Gasteiger partial charge < -0.3 is 4.90 Å². The van der Waals surface area contributed by atoms with Crippen LogP contribution < -0.4 is 5.43 Å². The molecule has 0 bridgehead atoms. The van der Waals surface area contributed by atoms with Crippen molar-refractivity contribution in [3.05, 3.63) is 46.6 Å². The van der Waals surface area contributed by atoms with E-state index >= 15 is 0 Å². The molecule has 168 valence electrons. The number of carbonyl (C=O) groups is 1. The molecule has 1 N–H and O–H groups in total. The Labute approximate surface area is 193 Å². The lowest BCUT2D eigenvalue weighted by molar-refractivity contribution is -0.126. The van der Waals surface area contributed by atoms with Gasteiger partial charge in [-0.1, -0.05) is 30.3 Å². The van der Waals surface area contributed by atoms with Crippen LogP contribution in [0.4, 0.5) is 0 Å². The summed E-state index contributed by atoms with van der Waals surface area (Å²) in [5, 5.41) is 4.42. The van der Waals surface area contributed by atoms with Crippen molar-refractivity contribution in [3.8, 4) is 11.3 Å². The van der Waals surface area contributed by atoms with Crippen molar-refractivity contribution in [2.24, 2.45) is 11.0 Å². The van der Waals surface area contributed by atoms with Crippen LogP contribution in [0.5, 0.6) is 0 Å². The number of aryl methyl sites for hydroxylation is 2. The molecule has 5 rings (SSSR count). The van der Waals surface area contributed by atoms with Gasteiger partial charge in [-0.15, -0.1) is 11.3 Å². The molecule has 0 radical (unpaired) electrons. The summed E-state index contributed by atoms with van der Waals surface area (Å²) in [7, 11) is 0. The average molecular weight is 450 g/mol. The Morgan fingerprint density at radius 1 is 1.22 bits per heavy atom. The van der Waals surface area contributed by atoms with Crippen molar-refractivity contribution in [1.82, 2.24) is 19.7 Å². The van der Waals surface area contributed by atoms with Gasteiger partial charge in [0, 0.05) is 28.7 Å². The first-order valence-corrected chi connectivity index (χ1v) is 12.6. The van der Waals surface area contributed by atoms with Crippen molar-refractivity contribution in [3.63, 3.8) is 0 Å². The van der Waals surface area contributed by atoms with E-state index in [0.29, 0.717) is 6.04 Å². The van der Waals surface area contributed by atoms with E-state index < -0.39 is 0 Å². The van der Waals surface area contributed by atoms with E-state index in [4.69, 9.17) is 4.98 Å². The van der Waals surface area contributed by atoms with Crippen LogP contribution in [0.15, 0.2) is 35.4 Å². The number of rotatable bonds is 5. The molecule has 6 nitrogen and oxygen atoms in total. The molecule has 1 amide bonds. The predicted molar refractivity (Wildman–Crippen MR) is 130 cm³/mol. The van der Waals surface area contributed by atoms with Crippen LogP contribution in [0.3, 0.4) is 0 Å². The van der Waals surface area contributed by atoms with Crippen LogP contribution in [0.1, 0.15) is 55.8 Å². The number of hydrazone groups is 1. The number of hydrogen-bond donors (Lipinski definition) is 1. The molecule has 1 fully saturated rings. The third-order valence-corrected chi connectivity index (χ3v) is 7.86. The zero-order chi connectivity index (χ0) is 22.1. The predicted octanol–water partition coefficient (Wildman–Crippen LogP) is 4.51. The summed E-state index contributed by atoms with van der Waals surface area (Å²) in [5.41, 5.74) is 7.14. The van der Waals surface area contributed by atoms with Crippen molar-refractivity contribution in [2.75, 3.05) is 13.1 Å². The number of likely N-dealkylation sites (tertiary alicyclic amines) is 1. The molecule has 1 atom stereocenters. The second-order valence-electron chi connectivity index (χ2n) is 9.17. The first-order valence-electron chi connectivity index (χ1n) is 11.8. The molecule has 0 saturated carbocycles. The molecule has 1 aromatic carbocycles. The Balaban J connectivity index is 1.43. The molecular weight excluding hydrogens is 418 g/mol. The van der Waals surface area contributed by atoms with Gasteiger partial charge in [-0.25, -0.2) is 10.4 Å². The van der Waals surface area contributed by atoms with Crippen molar-refractivity contribution >= 4 is 28.4 Å². The van der Waals surface area contributed by atoms with Gasteiger partial charge in [-0.2, -0.15) is 5.10 Å². The molecule has 3 aromatic rings. The lowest BCUT2D eigenvalue weighted by atomic mass is 9.96. The highest BCUT2D eigenvalue weighted by molar-refractivity contribution is 7.17. The van der Waals surface area contributed by atoms with E-state index in [9.17, 15) is 4.79 Å². The van der Waals surface area contributed by atoms with Crippen LogP contribution >= 0.6 is 11.3 Å². The average Bonchev–Trinajstić information content (AvgIpc) is 3.36. The number of nitrogens with one attached hydrogen (secondary N) is 1. The monoisotopic (exact) mass is 449 g/mol. The van der Waals surface area contributed by atoms with Gasteiger partial charge in [0.15, 0.2) is 4.96 Å². The number of amides is 1. The number of fused-ring (bicyclic) bond motifs is 3. The van der Waals surface area contributed by atoms with E-state index in [1.54, 1.807) is 17.6 Å². The minimum absolute atomic E-state index is 0.00346. The molecular formula is C25H31N5OS. The van der Waals surface area contributed by atoms with Crippen molar-refractivity contribution in [1.29, 1.82) is 0 Å². The Kier molecular flexibility index (Phi) is 6.11. The molecule has 2 aliphatic rings. The van der Waals surface area contributed by atoms with Crippen molar-refractivity contribution < 1.29 is 4.79 Å². The maximum Gasteiger partial charge on any atom is 0.244 e. The van der Waals surface area contributed by atoms with Gasteiger partial charge >= 0.3 is 0 Å². The number of hydrogen-bond acceptors (Lipinski definition) is 5. The van der Waals surface area contributed by atoms with E-state index in [1.165, 1.54) is 23.4 Å². The molecule has 1 aliphatic heterocycles. The highest BCUT2D eigenvalue weighted by Gasteiger charge is 2.27. The zero-order valence-electron chi connectivity index (χ0n) is 18.9. The highest BCUT2D eigenvalue weighted by Crippen LogP contribution is 2.34. The third-order valence-electron chi connectivity index (χ3n) is 6.72. The SMILES string of the molecule is CC(C)N1CCCC(C(=O)N/N=C/c2c(-c3ccccc3)nc3sc4c(n23)CCCC4)C1. The fraction of sp³-hybridized carbons (Fsp3) is 0.480. The quantitative estimate of drug-likeness (QED) is 0.460. The van der Waals surface area contributed by atoms with Gasteiger partial charge in [0.05, 0.1) is 23.5 Å². The summed E-state index contributed by atoms with van der Waals surface area (Å²) >= 11 is 1.79.